The zero-order chi connectivity index (χ0) is 15.4. The Labute approximate surface area is 128 Å². The number of nitrogens with zero attached hydrogens (tertiary/aromatic N) is 1. The molecular weight excluding hydrogens is 292 g/mol. The third-order valence-corrected chi connectivity index (χ3v) is 3.99. The SMILES string of the molecule is CC(C)(C)OC(=O)N1CC2(C1)C(=O)Nc1ccc(Cl)cc12. The number of benzene rings is 1. The lowest BCUT2D eigenvalue weighted by atomic mass is 9.75. The van der Waals surface area contributed by atoms with Crippen molar-refractivity contribution in [2.24, 2.45) is 0 Å². The van der Waals surface area contributed by atoms with Gasteiger partial charge in [0.1, 0.15) is 11.0 Å². The topological polar surface area (TPSA) is 58.6 Å². The molecule has 2 aliphatic heterocycles. The molecule has 0 saturated carbocycles. The summed E-state index contributed by atoms with van der Waals surface area (Å²) in [5.41, 5.74) is 0.406. The lowest BCUT2D eigenvalue weighted by molar-refractivity contribution is -0.126. The number of nitrogens with one attached hydrogen (secondary N) is 1. The Morgan fingerprint density at radius 3 is 2.67 bits per heavy atom. The summed E-state index contributed by atoms with van der Waals surface area (Å²) in [5.74, 6) is -0.0837. The number of carbonyl (C=O) groups excluding carboxylic acids is 2. The van der Waals surface area contributed by atoms with Gasteiger partial charge in [-0.2, -0.15) is 0 Å². The van der Waals surface area contributed by atoms with E-state index in [0.717, 1.165) is 11.3 Å². The van der Waals surface area contributed by atoms with Crippen LogP contribution >= 0.6 is 11.6 Å². The number of likely N-dealkylation sites (tertiary alicyclic amines) is 1. The van der Waals surface area contributed by atoms with Crippen LogP contribution in [-0.4, -0.2) is 35.6 Å². The molecular formula is C15H17ClN2O3. The van der Waals surface area contributed by atoms with Crippen LogP contribution in [0.1, 0.15) is 26.3 Å². The molecule has 0 aliphatic carbocycles. The molecule has 1 N–H and O–H groups in total. The summed E-state index contributed by atoms with van der Waals surface area (Å²) < 4.78 is 5.32. The Morgan fingerprint density at radius 2 is 2.05 bits per heavy atom. The first kappa shape index (κ1) is 14.2. The van der Waals surface area contributed by atoms with Crippen molar-refractivity contribution >= 4 is 29.3 Å². The molecule has 1 saturated heterocycles. The van der Waals surface area contributed by atoms with Gasteiger partial charge in [0.25, 0.3) is 0 Å². The van der Waals surface area contributed by atoms with Gasteiger partial charge >= 0.3 is 6.09 Å². The van der Waals surface area contributed by atoms with Gasteiger partial charge in [-0.25, -0.2) is 4.79 Å². The molecule has 112 valence electrons. The normalized spacial score (nSPS) is 19.0. The monoisotopic (exact) mass is 308 g/mol. The molecule has 2 amide bonds. The number of ether oxygens (including phenoxy) is 1. The minimum atomic E-state index is -0.683. The number of anilines is 1. The predicted molar refractivity (Wildman–Crippen MR) is 79.6 cm³/mol. The number of rotatable bonds is 0. The van der Waals surface area contributed by atoms with Crippen molar-refractivity contribution in [3.05, 3.63) is 28.8 Å². The van der Waals surface area contributed by atoms with Gasteiger partial charge in [0.2, 0.25) is 5.91 Å². The Morgan fingerprint density at radius 1 is 1.38 bits per heavy atom. The fourth-order valence-electron chi connectivity index (χ4n) is 2.76. The quantitative estimate of drug-likeness (QED) is 0.802. The maximum atomic E-state index is 12.3. The number of halogens is 1. The first-order chi connectivity index (χ1) is 9.71. The molecule has 0 unspecified atom stereocenters. The summed E-state index contributed by atoms with van der Waals surface area (Å²) in [6.07, 6.45) is -0.392. The molecule has 21 heavy (non-hydrogen) atoms. The summed E-state index contributed by atoms with van der Waals surface area (Å²) in [5, 5.41) is 3.43. The summed E-state index contributed by atoms with van der Waals surface area (Å²) in [7, 11) is 0. The zero-order valence-corrected chi connectivity index (χ0v) is 13.0. The van der Waals surface area contributed by atoms with Gasteiger partial charge in [0, 0.05) is 23.8 Å². The maximum absolute atomic E-state index is 12.3. The maximum Gasteiger partial charge on any atom is 0.410 e. The van der Waals surface area contributed by atoms with Crippen LogP contribution < -0.4 is 5.32 Å². The van der Waals surface area contributed by atoms with Crippen LogP contribution in [0, 0.1) is 0 Å². The van der Waals surface area contributed by atoms with E-state index in [1.165, 1.54) is 0 Å². The molecule has 5 nitrogen and oxygen atoms in total. The molecule has 0 bridgehead atoms. The van der Waals surface area contributed by atoms with Crippen molar-refractivity contribution in [1.29, 1.82) is 0 Å². The molecule has 6 heteroatoms. The van der Waals surface area contributed by atoms with Crippen molar-refractivity contribution in [1.82, 2.24) is 4.90 Å². The molecule has 2 heterocycles. The average Bonchev–Trinajstić information content (AvgIpc) is 2.56. The van der Waals surface area contributed by atoms with Gasteiger partial charge in [-0.15, -0.1) is 0 Å². The van der Waals surface area contributed by atoms with Crippen molar-refractivity contribution in [3.8, 4) is 0 Å². The summed E-state index contributed by atoms with van der Waals surface area (Å²) >= 11 is 6.02. The van der Waals surface area contributed by atoms with Crippen molar-refractivity contribution in [2.75, 3.05) is 18.4 Å². The van der Waals surface area contributed by atoms with E-state index in [1.54, 1.807) is 23.1 Å². The van der Waals surface area contributed by atoms with Crippen LogP contribution in [0.2, 0.25) is 5.02 Å². The van der Waals surface area contributed by atoms with E-state index in [2.05, 4.69) is 5.32 Å². The van der Waals surface area contributed by atoms with E-state index in [9.17, 15) is 9.59 Å². The minimum absolute atomic E-state index is 0.0837. The molecule has 3 rings (SSSR count). The van der Waals surface area contributed by atoms with Crippen LogP contribution in [-0.2, 0) is 14.9 Å². The number of hydrogen-bond donors (Lipinski definition) is 1. The molecule has 2 aliphatic rings. The highest BCUT2D eigenvalue weighted by molar-refractivity contribution is 6.31. The second-order valence-electron chi connectivity index (χ2n) is 6.56. The van der Waals surface area contributed by atoms with E-state index < -0.39 is 17.1 Å². The van der Waals surface area contributed by atoms with Gasteiger partial charge in [-0.05, 0) is 44.5 Å². The van der Waals surface area contributed by atoms with Gasteiger partial charge < -0.3 is 15.0 Å². The number of carbonyl (C=O) groups is 2. The lowest BCUT2D eigenvalue weighted by Crippen LogP contribution is -2.64. The fraction of sp³-hybridized carbons (Fsp3) is 0.467. The zero-order valence-electron chi connectivity index (χ0n) is 12.2. The van der Waals surface area contributed by atoms with Crippen LogP contribution in [0.4, 0.5) is 10.5 Å². The minimum Gasteiger partial charge on any atom is -0.444 e. The van der Waals surface area contributed by atoms with Gasteiger partial charge in [0.05, 0.1) is 0 Å². The second-order valence-corrected chi connectivity index (χ2v) is 7.00. The largest absolute Gasteiger partial charge is 0.444 e. The standard InChI is InChI=1S/C15H17ClN2O3/c1-14(2,3)21-13(20)18-7-15(8-18)10-6-9(16)4-5-11(10)17-12(15)19/h4-6H,7-8H2,1-3H3,(H,17,19). The first-order valence-electron chi connectivity index (χ1n) is 6.81. The third-order valence-electron chi connectivity index (χ3n) is 3.75. The second kappa shape index (κ2) is 4.37. The highest BCUT2D eigenvalue weighted by atomic mass is 35.5. The summed E-state index contributed by atoms with van der Waals surface area (Å²) in [6, 6.07) is 5.33. The van der Waals surface area contributed by atoms with Crippen molar-refractivity contribution < 1.29 is 14.3 Å². The first-order valence-corrected chi connectivity index (χ1v) is 7.18. The van der Waals surface area contributed by atoms with Gasteiger partial charge in [-0.3, -0.25) is 4.79 Å². The van der Waals surface area contributed by atoms with Crippen molar-refractivity contribution in [3.63, 3.8) is 0 Å². The van der Waals surface area contributed by atoms with E-state index >= 15 is 0 Å². The smallest absolute Gasteiger partial charge is 0.410 e. The van der Waals surface area contributed by atoms with E-state index in [1.807, 2.05) is 20.8 Å². The number of hydrogen-bond acceptors (Lipinski definition) is 3. The Balaban J connectivity index is 1.80. The van der Waals surface area contributed by atoms with Gasteiger partial charge in [-0.1, -0.05) is 11.6 Å². The molecule has 0 radical (unpaired) electrons. The Hall–Kier alpha value is -1.75. The van der Waals surface area contributed by atoms with Gasteiger partial charge in [0.15, 0.2) is 0 Å². The molecule has 1 aromatic carbocycles. The van der Waals surface area contributed by atoms with E-state index in [0.29, 0.717) is 18.1 Å². The highest BCUT2D eigenvalue weighted by Crippen LogP contribution is 2.45. The lowest BCUT2D eigenvalue weighted by Gasteiger charge is -2.46. The summed E-state index contributed by atoms with van der Waals surface area (Å²) in [4.78, 5) is 25.8. The van der Waals surface area contributed by atoms with Crippen LogP contribution in [0.5, 0.6) is 0 Å². The molecule has 0 aromatic heterocycles. The average molecular weight is 309 g/mol. The Bertz CT molecular complexity index is 630. The van der Waals surface area contributed by atoms with E-state index in [-0.39, 0.29) is 5.91 Å². The number of amides is 2. The summed E-state index contributed by atoms with van der Waals surface area (Å²) in [6.45, 7) is 6.09. The van der Waals surface area contributed by atoms with Crippen LogP contribution in [0.3, 0.4) is 0 Å². The van der Waals surface area contributed by atoms with Crippen LogP contribution in [0.15, 0.2) is 18.2 Å². The number of fused-ring (bicyclic) bond motifs is 2. The molecule has 1 aromatic rings. The van der Waals surface area contributed by atoms with E-state index in [4.69, 9.17) is 16.3 Å². The fourth-order valence-corrected chi connectivity index (χ4v) is 2.93. The van der Waals surface area contributed by atoms with Crippen LogP contribution in [0.25, 0.3) is 0 Å². The molecule has 1 spiro atoms. The molecule has 1 fully saturated rings. The highest BCUT2D eigenvalue weighted by Gasteiger charge is 2.57. The third kappa shape index (κ3) is 2.25. The molecule has 0 atom stereocenters. The predicted octanol–water partition coefficient (Wildman–Crippen LogP) is 2.78. The Kier molecular flexibility index (Phi) is 2.95. The van der Waals surface area contributed by atoms with Crippen molar-refractivity contribution in [2.45, 2.75) is 31.8 Å².